The highest BCUT2D eigenvalue weighted by Gasteiger charge is 2.59. The normalized spacial score (nSPS) is 29.5. The Morgan fingerprint density at radius 1 is 1.14 bits per heavy atom. The predicted molar refractivity (Wildman–Crippen MR) is 156 cm³/mol. The second kappa shape index (κ2) is 9.87. The number of likely N-dealkylation sites (N-methyl/N-ethyl adjacent to an activating group) is 1. The predicted octanol–water partition coefficient (Wildman–Crippen LogP) is 1.74. The van der Waals surface area contributed by atoms with Crippen LogP contribution in [0.2, 0.25) is 0 Å². The van der Waals surface area contributed by atoms with Gasteiger partial charge >= 0.3 is 0 Å². The number of β-lactam (4-membered cyclic amide) rings is 1. The van der Waals surface area contributed by atoms with E-state index in [1.54, 1.807) is 6.07 Å². The van der Waals surface area contributed by atoms with E-state index in [4.69, 9.17) is 0 Å². The fraction of sp³-hybridized carbons (Fsp3) is 0.562. The summed E-state index contributed by atoms with van der Waals surface area (Å²) in [5.74, 6) is -3.07. The van der Waals surface area contributed by atoms with Gasteiger partial charge in [0.15, 0.2) is 9.84 Å². The lowest BCUT2D eigenvalue weighted by atomic mass is 9.77. The molecule has 2 saturated heterocycles. The number of quaternary nitrogens is 2. The van der Waals surface area contributed by atoms with Gasteiger partial charge in [-0.2, -0.15) is 0 Å². The molecule has 42 heavy (non-hydrogen) atoms. The molecule has 1 amide bonds. The molecule has 2 unspecified atom stereocenters. The number of sulfone groups is 1. The Kier molecular flexibility index (Phi) is 6.88. The summed E-state index contributed by atoms with van der Waals surface area (Å²) < 4.78 is 30.2. The number of carbonyl (C=O) groups excluding carboxylic acids is 2. The van der Waals surface area contributed by atoms with E-state index in [0.29, 0.717) is 16.0 Å². The maximum absolute atomic E-state index is 14.1. The molecule has 1 N–H and O–H groups in total. The van der Waals surface area contributed by atoms with Crippen LogP contribution in [0.15, 0.2) is 46.5 Å². The van der Waals surface area contributed by atoms with E-state index < -0.39 is 50.9 Å². The van der Waals surface area contributed by atoms with Crippen molar-refractivity contribution in [1.82, 2.24) is 4.90 Å². The maximum atomic E-state index is 14.1. The Bertz CT molecular complexity index is 1620. The van der Waals surface area contributed by atoms with Crippen molar-refractivity contribution in [2.45, 2.75) is 62.4 Å². The van der Waals surface area contributed by atoms with E-state index in [0.717, 1.165) is 71.0 Å². The number of benzene rings is 2. The Hall–Kier alpha value is -2.79. The van der Waals surface area contributed by atoms with E-state index in [-0.39, 0.29) is 12.1 Å². The van der Waals surface area contributed by atoms with Crippen molar-refractivity contribution in [2.24, 2.45) is 11.8 Å². The Balaban J connectivity index is 1.39. The molecule has 6 rings (SSSR count). The van der Waals surface area contributed by atoms with Crippen molar-refractivity contribution >= 4 is 32.5 Å². The Labute approximate surface area is 248 Å². The molecule has 5 atom stereocenters. The quantitative estimate of drug-likeness (QED) is 0.367. The summed E-state index contributed by atoms with van der Waals surface area (Å²) >= 11 is 0. The van der Waals surface area contributed by atoms with Crippen LogP contribution in [0.3, 0.4) is 0 Å². The number of aliphatic carboxylic acids is 1. The molecule has 0 aliphatic carbocycles. The fourth-order valence-electron chi connectivity index (χ4n) is 8.23. The lowest BCUT2D eigenvalue weighted by Crippen LogP contribution is -2.64. The molecule has 2 aromatic carbocycles. The summed E-state index contributed by atoms with van der Waals surface area (Å²) in [4.78, 5) is 26.6. The summed E-state index contributed by atoms with van der Waals surface area (Å²) in [5.41, 5.74) is 2.00. The highest BCUT2D eigenvalue weighted by atomic mass is 32.2. The molecule has 0 spiro atoms. The highest BCUT2D eigenvalue weighted by molar-refractivity contribution is 7.92. The van der Waals surface area contributed by atoms with Crippen molar-refractivity contribution < 1.29 is 37.2 Å². The topological polar surface area (TPSA) is 115 Å². The number of aliphatic hydroxyl groups excluding tert-OH is 1. The van der Waals surface area contributed by atoms with Crippen LogP contribution in [0, 0.1) is 11.8 Å². The molecular weight excluding hydrogens is 554 g/mol. The second-order valence-electron chi connectivity index (χ2n) is 13.7. The monoisotopic (exact) mass is 596 g/mol. The third kappa shape index (κ3) is 4.24. The zero-order valence-electron chi connectivity index (χ0n) is 25.2. The average Bonchev–Trinajstić information content (AvgIpc) is 3.29. The van der Waals surface area contributed by atoms with Gasteiger partial charge in [0.1, 0.15) is 32.7 Å². The number of carboxylic acids is 1. The first-order valence-corrected chi connectivity index (χ1v) is 16.7. The van der Waals surface area contributed by atoms with E-state index in [2.05, 4.69) is 27.1 Å². The van der Waals surface area contributed by atoms with Gasteiger partial charge in [0.2, 0.25) is 5.91 Å². The largest absolute Gasteiger partial charge is 0.543 e. The minimum atomic E-state index is -3.82. The lowest BCUT2D eigenvalue weighted by molar-refractivity contribution is -1.02. The summed E-state index contributed by atoms with van der Waals surface area (Å²) in [6, 6.07) is 8.98. The SMILES string of the molecule is CCC[N+]1(Cc2ccc3c4c(cccc24)S(=O)(=O)C3CC2=C(C(=O)[O-])N3C(=O)[C@H](C(C)O)[C@H]3[C@H]2C)CC[N+](C)(C)CC1. The standard InChI is InChI=1S/C32H42N3O6S/c1-6-12-35(15-13-34(4,5)14-16-35)18-21-10-11-23-26(42(40,41)25-9-7-8-22(21)28(23)25)17-24-19(2)29-27(20(3)36)31(37)33(29)30(24)32(38)39/h7-11,19-20,26-27,29,36H,6,12-18H2,1-5H3/q+1/t19-,20?,26?,27+,29+/m0/s1. The number of hydrogen-bond acceptors (Lipinski definition) is 6. The van der Waals surface area contributed by atoms with Gasteiger partial charge in [0.25, 0.3) is 0 Å². The van der Waals surface area contributed by atoms with Crippen LogP contribution >= 0.6 is 0 Å². The number of hydrogen-bond donors (Lipinski definition) is 1. The molecule has 0 radical (unpaired) electrons. The zero-order valence-corrected chi connectivity index (χ0v) is 26.0. The van der Waals surface area contributed by atoms with Crippen LogP contribution in [0.1, 0.15) is 50.0 Å². The molecule has 4 aliphatic heterocycles. The van der Waals surface area contributed by atoms with Crippen LogP contribution in [0.25, 0.3) is 10.8 Å². The van der Waals surface area contributed by atoms with Crippen LogP contribution < -0.4 is 5.11 Å². The molecule has 0 aromatic heterocycles. The summed E-state index contributed by atoms with van der Waals surface area (Å²) in [5, 5.41) is 23.2. The minimum absolute atomic E-state index is 0.0361. The average molecular weight is 597 g/mol. The van der Waals surface area contributed by atoms with Crippen molar-refractivity contribution in [3.05, 3.63) is 52.7 Å². The molecule has 0 bridgehead atoms. The van der Waals surface area contributed by atoms with Crippen molar-refractivity contribution in [3.63, 3.8) is 0 Å². The van der Waals surface area contributed by atoms with Crippen molar-refractivity contribution in [1.29, 1.82) is 0 Å². The van der Waals surface area contributed by atoms with Crippen LogP contribution in [-0.4, -0.2) is 98.2 Å². The van der Waals surface area contributed by atoms with Crippen LogP contribution in [-0.2, 0) is 26.0 Å². The fourth-order valence-corrected chi connectivity index (χ4v) is 10.3. The van der Waals surface area contributed by atoms with Gasteiger partial charge in [0.05, 0.1) is 60.5 Å². The molecule has 9 nitrogen and oxygen atoms in total. The highest BCUT2D eigenvalue weighted by Crippen LogP contribution is 2.53. The number of nitrogens with zero attached hydrogens (tertiary/aromatic N) is 3. The van der Waals surface area contributed by atoms with Gasteiger partial charge in [-0.15, -0.1) is 0 Å². The first-order chi connectivity index (χ1) is 19.7. The number of carboxylic acid groups (broad SMARTS) is 1. The van der Waals surface area contributed by atoms with Gasteiger partial charge in [-0.1, -0.05) is 38.1 Å². The maximum Gasteiger partial charge on any atom is 0.235 e. The number of aliphatic hydroxyl groups is 1. The third-order valence-electron chi connectivity index (χ3n) is 10.6. The zero-order chi connectivity index (χ0) is 30.4. The Morgan fingerprint density at radius 2 is 1.83 bits per heavy atom. The van der Waals surface area contributed by atoms with Gasteiger partial charge in [-0.3, -0.25) is 4.79 Å². The van der Waals surface area contributed by atoms with Crippen LogP contribution in [0.5, 0.6) is 0 Å². The van der Waals surface area contributed by atoms with Gasteiger partial charge in [-0.25, -0.2) is 8.42 Å². The molecule has 4 aliphatic rings. The van der Waals surface area contributed by atoms with Gasteiger partial charge < -0.3 is 28.9 Å². The number of fused-ring (bicyclic) bond motifs is 1. The van der Waals surface area contributed by atoms with E-state index in [9.17, 15) is 28.2 Å². The number of piperazine rings is 1. The second-order valence-corrected chi connectivity index (χ2v) is 15.8. The van der Waals surface area contributed by atoms with E-state index in [1.807, 2.05) is 25.1 Å². The van der Waals surface area contributed by atoms with E-state index in [1.165, 1.54) is 11.8 Å². The third-order valence-corrected chi connectivity index (χ3v) is 12.8. The summed E-state index contributed by atoms with van der Waals surface area (Å²) in [7, 11) is 0.739. The Morgan fingerprint density at radius 3 is 2.45 bits per heavy atom. The lowest BCUT2D eigenvalue weighted by Gasteiger charge is -2.47. The number of carbonyl (C=O) groups is 2. The van der Waals surface area contributed by atoms with Gasteiger partial charge in [-0.05, 0) is 42.4 Å². The number of rotatable bonds is 8. The first-order valence-electron chi connectivity index (χ1n) is 15.1. The van der Waals surface area contributed by atoms with Gasteiger partial charge in [0, 0.05) is 16.9 Å². The molecule has 2 aromatic rings. The summed E-state index contributed by atoms with van der Waals surface area (Å²) in [6.45, 7) is 11.8. The molecule has 2 fully saturated rings. The molecule has 4 heterocycles. The molecule has 0 saturated carbocycles. The molecule has 226 valence electrons. The summed E-state index contributed by atoms with van der Waals surface area (Å²) in [6.07, 6.45) is 0.111. The first kappa shape index (κ1) is 29.3. The van der Waals surface area contributed by atoms with Crippen molar-refractivity contribution in [3.8, 4) is 0 Å². The minimum Gasteiger partial charge on any atom is -0.543 e. The molecular formula is C32H42N3O6S+. The molecule has 10 heteroatoms. The van der Waals surface area contributed by atoms with E-state index >= 15 is 0 Å². The van der Waals surface area contributed by atoms with Crippen molar-refractivity contribution in [2.75, 3.05) is 46.8 Å². The smallest absolute Gasteiger partial charge is 0.235 e. The van der Waals surface area contributed by atoms with Crippen LogP contribution in [0.4, 0.5) is 0 Å². The number of amides is 1.